The number of hydrogen-bond acceptors (Lipinski definition) is 3. The molecule has 0 radical (unpaired) electrons. The van der Waals surface area contributed by atoms with Gasteiger partial charge >= 0.3 is 0 Å². The molecule has 0 aromatic heterocycles. The molecule has 1 fully saturated rings. The predicted octanol–water partition coefficient (Wildman–Crippen LogP) is 2.87. The minimum absolute atomic E-state index is 0.128. The quantitative estimate of drug-likeness (QED) is 0.877. The van der Waals surface area contributed by atoms with Crippen LogP contribution in [0.4, 0.5) is 5.69 Å². The SMILES string of the molecule is Cc1ccc(NCC(=O)NC(C)(C#N)C2CC2)cc1Cl. The van der Waals surface area contributed by atoms with E-state index in [1.165, 1.54) is 0 Å². The maximum absolute atomic E-state index is 11.9. The van der Waals surface area contributed by atoms with Crippen molar-refractivity contribution in [3.05, 3.63) is 28.8 Å². The van der Waals surface area contributed by atoms with Gasteiger partial charge in [0.1, 0.15) is 5.54 Å². The zero-order valence-corrected chi connectivity index (χ0v) is 12.4. The molecule has 1 unspecified atom stereocenters. The lowest BCUT2D eigenvalue weighted by molar-refractivity contribution is -0.120. The van der Waals surface area contributed by atoms with Crippen molar-refractivity contribution < 1.29 is 4.79 Å². The Hall–Kier alpha value is -1.73. The van der Waals surface area contributed by atoms with Gasteiger partial charge in [-0.05, 0) is 50.3 Å². The second-order valence-electron chi connectivity index (χ2n) is 5.45. The number of anilines is 1. The van der Waals surface area contributed by atoms with E-state index in [1.54, 1.807) is 13.0 Å². The van der Waals surface area contributed by atoms with E-state index in [4.69, 9.17) is 11.6 Å². The predicted molar refractivity (Wildman–Crippen MR) is 79.6 cm³/mol. The van der Waals surface area contributed by atoms with Crippen LogP contribution < -0.4 is 10.6 Å². The third kappa shape index (κ3) is 3.43. The van der Waals surface area contributed by atoms with Gasteiger partial charge in [0.05, 0.1) is 12.6 Å². The number of rotatable bonds is 5. The fraction of sp³-hybridized carbons (Fsp3) is 0.467. The van der Waals surface area contributed by atoms with Gasteiger partial charge in [0.25, 0.3) is 0 Å². The zero-order valence-electron chi connectivity index (χ0n) is 11.7. The molecular formula is C15H18ClN3O. The molecule has 2 N–H and O–H groups in total. The van der Waals surface area contributed by atoms with E-state index in [2.05, 4.69) is 16.7 Å². The second kappa shape index (κ2) is 5.72. The Bertz CT molecular complexity index is 563. The number of nitrogens with one attached hydrogen (secondary N) is 2. The van der Waals surface area contributed by atoms with Crippen LogP contribution in [0.3, 0.4) is 0 Å². The second-order valence-corrected chi connectivity index (χ2v) is 5.86. The van der Waals surface area contributed by atoms with Gasteiger partial charge in [0.15, 0.2) is 0 Å². The van der Waals surface area contributed by atoms with Crippen molar-refractivity contribution in [2.24, 2.45) is 5.92 Å². The van der Waals surface area contributed by atoms with E-state index in [9.17, 15) is 10.1 Å². The smallest absolute Gasteiger partial charge is 0.240 e. The van der Waals surface area contributed by atoms with E-state index in [1.807, 2.05) is 19.1 Å². The summed E-state index contributed by atoms with van der Waals surface area (Å²) in [5.74, 6) is 0.0999. The van der Waals surface area contributed by atoms with Gasteiger partial charge in [-0.15, -0.1) is 0 Å². The van der Waals surface area contributed by atoms with Crippen LogP contribution >= 0.6 is 11.6 Å². The molecule has 1 aromatic rings. The molecule has 1 atom stereocenters. The normalized spacial score (nSPS) is 16.9. The lowest BCUT2D eigenvalue weighted by atomic mass is 9.98. The summed E-state index contributed by atoms with van der Waals surface area (Å²) in [5.41, 5.74) is 1.04. The maximum atomic E-state index is 11.9. The minimum atomic E-state index is -0.746. The fourth-order valence-corrected chi connectivity index (χ4v) is 2.28. The first-order valence-electron chi connectivity index (χ1n) is 6.67. The molecule has 1 aliphatic carbocycles. The average Bonchev–Trinajstić information content (AvgIpc) is 3.25. The molecule has 1 aromatic carbocycles. The number of benzene rings is 1. The van der Waals surface area contributed by atoms with Crippen molar-refractivity contribution in [1.29, 1.82) is 5.26 Å². The van der Waals surface area contributed by atoms with E-state index >= 15 is 0 Å². The Kier molecular flexibility index (Phi) is 4.20. The Morgan fingerprint density at radius 3 is 2.80 bits per heavy atom. The molecule has 0 aliphatic heterocycles. The molecule has 1 amide bonds. The van der Waals surface area contributed by atoms with E-state index in [0.29, 0.717) is 5.02 Å². The Morgan fingerprint density at radius 2 is 2.25 bits per heavy atom. The maximum Gasteiger partial charge on any atom is 0.240 e. The number of amides is 1. The standard InChI is InChI=1S/C15H18ClN3O/c1-10-3-6-12(7-13(10)16)18-8-14(20)19-15(2,9-17)11-4-5-11/h3,6-7,11,18H,4-5,8H2,1-2H3,(H,19,20). The number of aryl methyl sites for hydroxylation is 1. The van der Waals surface area contributed by atoms with Crippen LogP contribution in [0.2, 0.25) is 5.02 Å². The first-order chi connectivity index (χ1) is 9.44. The van der Waals surface area contributed by atoms with Crippen molar-refractivity contribution in [2.45, 2.75) is 32.2 Å². The topological polar surface area (TPSA) is 64.9 Å². The Labute approximate surface area is 124 Å². The summed E-state index contributed by atoms with van der Waals surface area (Å²) in [6.07, 6.45) is 2.01. The third-order valence-electron chi connectivity index (χ3n) is 3.65. The van der Waals surface area contributed by atoms with Gasteiger partial charge in [-0.1, -0.05) is 17.7 Å². The first-order valence-corrected chi connectivity index (χ1v) is 7.04. The fourth-order valence-electron chi connectivity index (χ4n) is 2.10. The summed E-state index contributed by atoms with van der Waals surface area (Å²) in [6.45, 7) is 3.83. The highest BCUT2D eigenvalue weighted by Crippen LogP contribution is 2.39. The van der Waals surface area contributed by atoms with Crippen LogP contribution in [0.5, 0.6) is 0 Å². The lowest BCUT2D eigenvalue weighted by Gasteiger charge is -2.23. The summed E-state index contributed by atoms with van der Waals surface area (Å²) in [4.78, 5) is 11.9. The average molecular weight is 292 g/mol. The molecule has 5 heteroatoms. The summed E-state index contributed by atoms with van der Waals surface area (Å²) in [7, 11) is 0. The van der Waals surface area contributed by atoms with Crippen LogP contribution in [0.1, 0.15) is 25.3 Å². The molecule has 20 heavy (non-hydrogen) atoms. The molecule has 4 nitrogen and oxygen atoms in total. The van der Waals surface area contributed by atoms with E-state index in [-0.39, 0.29) is 18.4 Å². The van der Waals surface area contributed by atoms with Crippen molar-refractivity contribution in [1.82, 2.24) is 5.32 Å². The van der Waals surface area contributed by atoms with Crippen LogP contribution in [-0.2, 0) is 4.79 Å². The van der Waals surface area contributed by atoms with Gasteiger partial charge in [-0.2, -0.15) is 5.26 Å². The molecule has 1 saturated carbocycles. The number of nitrogens with zero attached hydrogens (tertiary/aromatic N) is 1. The molecule has 0 heterocycles. The lowest BCUT2D eigenvalue weighted by Crippen LogP contribution is -2.48. The molecule has 0 bridgehead atoms. The van der Waals surface area contributed by atoms with Crippen LogP contribution in [0.15, 0.2) is 18.2 Å². The molecule has 2 rings (SSSR count). The number of halogens is 1. The summed E-state index contributed by atoms with van der Waals surface area (Å²) >= 11 is 6.02. The highest BCUT2D eigenvalue weighted by Gasteiger charge is 2.42. The first kappa shape index (κ1) is 14.7. The van der Waals surface area contributed by atoms with Gasteiger partial charge in [-0.3, -0.25) is 4.79 Å². The number of carbonyl (C=O) groups is 1. The van der Waals surface area contributed by atoms with Crippen molar-refractivity contribution >= 4 is 23.2 Å². The van der Waals surface area contributed by atoms with Gasteiger partial charge in [-0.25, -0.2) is 0 Å². The zero-order chi connectivity index (χ0) is 14.8. The Morgan fingerprint density at radius 1 is 1.55 bits per heavy atom. The van der Waals surface area contributed by atoms with Gasteiger partial charge in [0.2, 0.25) is 5.91 Å². The highest BCUT2D eigenvalue weighted by atomic mass is 35.5. The monoisotopic (exact) mass is 291 g/mol. The minimum Gasteiger partial charge on any atom is -0.376 e. The van der Waals surface area contributed by atoms with Gasteiger partial charge < -0.3 is 10.6 Å². The van der Waals surface area contributed by atoms with Gasteiger partial charge in [0, 0.05) is 10.7 Å². The molecule has 0 spiro atoms. The number of nitriles is 1. The molecule has 1 aliphatic rings. The number of carbonyl (C=O) groups excluding carboxylic acids is 1. The summed E-state index contributed by atoms with van der Waals surface area (Å²) in [6, 6.07) is 7.76. The highest BCUT2D eigenvalue weighted by molar-refractivity contribution is 6.31. The van der Waals surface area contributed by atoms with Crippen molar-refractivity contribution in [3.8, 4) is 6.07 Å². The van der Waals surface area contributed by atoms with Crippen molar-refractivity contribution in [3.63, 3.8) is 0 Å². The molecule has 106 valence electrons. The van der Waals surface area contributed by atoms with Crippen LogP contribution in [0.25, 0.3) is 0 Å². The van der Waals surface area contributed by atoms with Crippen LogP contribution in [-0.4, -0.2) is 18.0 Å². The molecule has 0 saturated heterocycles. The summed E-state index contributed by atoms with van der Waals surface area (Å²) in [5, 5.41) is 15.7. The van der Waals surface area contributed by atoms with Crippen LogP contribution in [0, 0.1) is 24.2 Å². The van der Waals surface area contributed by atoms with E-state index < -0.39 is 5.54 Å². The third-order valence-corrected chi connectivity index (χ3v) is 4.06. The Balaban J connectivity index is 1.89. The van der Waals surface area contributed by atoms with E-state index in [0.717, 1.165) is 24.1 Å². The summed E-state index contributed by atoms with van der Waals surface area (Å²) < 4.78 is 0. The van der Waals surface area contributed by atoms with Crippen molar-refractivity contribution in [2.75, 3.05) is 11.9 Å². The number of hydrogen-bond donors (Lipinski definition) is 2. The largest absolute Gasteiger partial charge is 0.376 e. The molecular weight excluding hydrogens is 274 g/mol.